The van der Waals surface area contributed by atoms with Crippen LogP contribution < -0.4 is 11.1 Å². The molecule has 14 heavy (non-hydrogen) atoms. The summed E-state index contributed by atoms with van der Waals surface area (Å²) in [6.45, 7) is 0. The molecule has 0 saturated heterocycles. The van der Waals surface area contributed by atoms with Gasteiger partial charge in [-0.15, -0.1) is 0 Å². The van der Waals surface area contributed by atoms with Gasteiger partial charge < -0.3 is 11.1 Å². The maximum atomic E-state index is 5.82. The van der Waals surface area contributed by atoms with Crippen molar-refractivity contribution < 1.29 is 0 Å². The first-order valence-corrected chi connectivity index (χ1v) is 5.31. The Kier molecular flexibility index (Phi) is 2.77. The number of pyridine rings is 1. The zero-order valence-corrected chi connectivity index (χ0v) is 8.72. The lowest BCUT2D eigenvalue weighted by atomic mass is 10.2. The lowest BCUT2D eigenvalue weighted by molar-refractivity contribution is 0.756. The van der Waals surface area contributed by atoms with Crippen LogP contribution in [0.1, 0.15) is 25.7 Å². The smallest absolute Gasteiger partial charge is 0.153 e. The molecule has 76 valence electrons. The van der Waals surface area contributed by atoms with Gasteiger partial charge in [-0.25, -0.2) is 4.98 Å². The third-order valence-electron chi connectivity index (χ3n) is 2.66. The molecule has 2 rings (SSSR count). The van der Waals surface area contributed by atoms with Crippen LogP contribution in [0.5, 0.6) is 0 Å². The molecule has 4 heteroatoms. The third kappa shape index (κ3) is 1.93. The molecule has 0 aliphatic heterocycles. The highest BCUT2D eigenvalue weighted by atomic mass is 35.5. The second-order valence-corrected chi connectivity index (χ2v) is 4.05. The van der Waals surface area contributed by atoms with Crippen LogP contribution in [0.15, 0.2) is 12.3 Å². The number of hydrogen-bond acceptors (Lipinski definition) is 3. The van der Waals surface area contributed by atoms with Gasteiger partial charge in [-0.05, 0) is 18.9 Å². The summed E-state index contributed by atoms with van der Waals surface area (Å²) < 4.78 is 0. The Bertz CT molecular complexity index is 321. The Morgan fingerprint density at radius 2 is 2.14 bits per heavy atom. The maximum absolute atomic E-state index is 5.82. The van der Waals surface area contributed by atoms with Crippen molar-refractivity contribution in [1.82, 2.24) is 4.98 Å². The molecular formula is C10H14ClN3. The van der Waals surface area contributed by atoms with Gasteiger partial charge in [0, 0.05) is 12.2 Å². The molecule has 0 unspecified atom stereocenters. The lowest BCUT2D eigenvalue weighted by Crippen LogP contribution is -2.15. The average molecular weight is 212 g/mol. The Morgan fingerprint density at radius 3 is 2.86 bits per heavy atom. The highest BCUT2D eigenvalue weighted by Crippen LogP contribution is 2.28. The van der Waals surface area contributed by atoms with Gasteiger partial charge in [-0.1, -0.05) is 24.4 Å². The van der Waals surface area contributed by atoms with Crippen molar-refractivity contribution in [3.05, 3.63) is 17.4 Å². The number of nitrogens with two attached hydrogens (primary N) is 1. The number of aromatic nitrogens is 1. The van der Waals surface area contributed by atoms with E-state index < -0.39 is 0 Å². The molecule has 1 heterocycles. The highest BCUT2D eigenvalue weighted by molar-refractivity contribution is 6.32. The van der Waals surface area contributed by atoms with E-state index in [0.29, 0.717) is 16.9 Å². The molecule has 1 saturated carbocycles. The van der Waals surface area contributed by atoms with Gasteiger partial charge in [-0.3, -0.25) is 0 Å². The summed E-state index contributed by atoms with van der Waals surface area (Å²) in [5, 5.41) is 3.78. The van der Waals surface area contributed by atoms with Crippen LogP contribution in [0.2, 0.25) is 5.15 Å². The van der Waals surface area contributed by atoms with Crippen LogP contribution in [0.4, 0.5) is 11.4 Å². The molecule has 0 aromatic carbocycles. The van der Waals surface area contributed by atoms with E-state index in [2.05, 4.69) is 10.3 Å². The molecule has 0 atom stereocenters. The van der Waals surface area contributed by atoms with E-state index >= 15 is 0 Å². The van der Waals surface area contributed by atoms with Gasteiger partial charge in [0.25, 0.3) is 0 Å². The third-order valence-corrected chi connectivity index (χ3v) is 2.96. The van der Waals surface area contributed by atoms with Gasteiger partial charge in [0.05, 0.1) is 11.4 Å². The van der Waals surface area contributed by atoms with E-state index in [-0.39, 0.29) is 0 Å². The first-order chi connectivity index (χ1) is 6.77. The second kappa shape index (κ2) is 4.05. The van der Waals surface area contributed by atoms with Crippen LogP contribution in [0.25, 0.3) is 0 Å². The minimum atomic E-state index is 0.382. The molecule has 1 aromatic heterocycles. The zero-order chi connectivity index (χ0) is 9.97. The summed E-state index contributed by atoms with van der Waals surface area (Å²) in [6.07, 6.45) is 6.72. The fraction of sp³-hybridized carbons (Fsp3) is 0.500. The normalized spacial score (nSPS) is 17.2. The fourth-order valence-corrected chi connectivity index (χ4v) is 2.02. The standard InChI is InChI=1S/C10H14ClN3/c11-10-9(12)8(5-6-13-10)14-7-3-1-2-4-7/h5-7H,1-4,12H2,(H,13,14). The van der Waals surface area contributed by atoms with Crippen molar-refractivity contribution in [1.29, 1.82) is 0 Å². The van der Waals surface area contributed by atoms with E-state index in [4.69, 9.17) is 17.3 Å². The monoisotopic (exact) mass is 211 g/mol. The minimum Gasteiger partial charge on any atom is -0.395 e. The Labute approximate surface area is 88.7 Å². The fourth-order valence-electron chi connectivity index (χ4n) is 1.86. The summed E-state index contributed by atoms with van der Waals surface area (Å²) in [4.78, 5) is 3.91. The van der Waals surface area contributed by atoms with Gasteiger partial charge >= 0.3 is 0 Å². The number of hydrogen-bond donors (Lipinski definition) is 2. The molecule has 1 aliphatic rings. The predicted molar refractivity (Wildman–Crippen MR) is 59.5 cm³/mol. The molecule has 0 amide bonds. The summed E-state index contributed by atoms with van der Waals surface area (Å²) in [7, 11) is 0. The highest BCUT2D eigenvalue weighted by Gasteiger charge is 2.15. The SMILES string of the molecule is Nc1c(NC2CCCC2)ccnc1Cl. The van der Waals surface area contributed by atoms with E-state index in [9.17, 15) is 0 Å². The van der Waals surface area contributed by atoms with Crippen molar-refractivity contribution in [3.63, 3.8) is 0 Å². The number of nitrogens with zero attached hydrogens (tertiary/aromatic N) is 1. The molecule has 0 spiro atoms. The van der Waals surface area contributed by atoms with Crippen molar-refractivity contribution in [3.8, 4) is 0 Å². The molecule has 1 fully saturated rings. The Balaban J connectivity index is 2.11. The van der Waals surface area contributed by atoms with Crippen LogP contribution in [-0.4, -0.2) is 11.0 Å². The Hall–Kier alpha value is -0.960. The zero-order valence-electron chi connectivity index (χ0n) is 7.96. The largest absolute Gasteiger partial charge is 0.395 e. The number of anilines is 2. The topological polar surface area (TPSA) is 50.9 Å². The van der Waals surface area contributed by atoms with Crippen LogP contribution in [0.3, 0.4) is 0 Å². The van der Waals surface area contributed by atoms with Gasteiger partial charge in [0.1, 0.15) is 0 Å². The average Bonchev–Trinajstić information content (AvgIpc) is 2.66. The predicted octanol–water partition coefficient (Wildman–Crippen LogP) is 2.67. The second-order valence-electron chi connectivity index (χ2n) is 3.69. The van der Waals surface area contributed by atoms with Crippen molar-refractivity contribution in [2.24, 2.45) is 0 Å². The van der Waals surface area contributed by atoms with E-state index in [1.165, 1.54) is 25.7 Å². The minimum absolute atomic E-state index is 0.382. The Morgan fingerprint density at radius 1 is 1.43 bits per heavy atom. The molecule has 0 radical (unpaired) electrons. The summed E-state index contributed by atoms with van der Waals surface area (Å²) in [6, 6.07) is 2.43. The van der Waals surface area contributed by atoms with Crippen LogP contribution in [-0.2, 0) is 0 Å². The van der Waals surface area contributed by atoms with Gasteiger partial charge in [0.15, 0.2) is 5.15 Å². The van der Waals surface area contributed by atoms with Crippen molar-refractivity contribution >= 4 is 23.0 Å². The quantitative estimate of drug-likeness (QED) is 0.740. The molecule has 0 bridgehead atoms. The molecular weight excluding hydrogens is 198 g/mol. The number of rotatable bonds is 2. The van der Waals surface area contributed by atoms with Gasteiger partial charge in [-0.2, -0.15) is 0 Å². The maximum Gasteiger partial charge on any atom is 0.153 e. The first kappa shape index (κ1) is 9.59. The van der Waals surface area contributed by atoms with Crippen LogP contribution >= 0.6 is 11.6 Å². The molecule has 1 aliphatic carbocycles. The van der Waals surface area contributed by atoms with Crippen LogP contribution in [0, 0.1) is 0 Å². The number of halogens is 1. The molecule has 1 aromatic rings. The summed E-state index contributed by atoms with van der Waals surface area (Å²) in [5.41, 5.74) is 7.27. The van der Waals surface area contributed by atoms with Gasteiger partial charge in [0.2, 0.25) is 0 Å². The number of nitrogen functional groups attached to an aromatic ring is 1. The molecule has 3 nitrogen and oxygen atoms in total. The number of nitrogens with one attached hydrogen (secondary N) is 1. The summed E-state index contributed by atoms with van der Waals surface area (Å²) in [5.74, 6) is 0. The van der Waals surface area contributed by atoms with E-state index in [1.54, 1.807) is 6.20 Å². The van der Waals surface area contributed by atoms with Crippen molar-refractivity contribution in [2.75, 3.05) is 11.1 Å². The van der Waals surface area contributed by atoms with Crippen molar-refractivity contribution in [2.45, 2.75) is 31.7 Å². The summed E-state index contributed by atoms with van der Waals surface area (Å²) >= 11 is 5.82. The van der Waals surface area contributed by atoms with E-state index in [0.717, 1.165) is 5.69 Å². The lowest BCUT2D eigenvalue weighted by Gasteiger charge is -2.15. The first-order valence-electron chi connectivity index (χ1n) is 4.94. The molecule has 3 N–H and O–H groups in total. The van der Waals surface area contributed by atoms with E-state index in [1.807, 2.05) is 6.07 Å².